The van der Waals surface area contributed by atoms with Gasteiger partial charge in [-0.05, 0) is 18.2 Å². The van der Waals surface area contributed by atoms with Crippen molar-refractivity contribution in [3.05, 3.63) is 45.6 Å². The fourth-order valence-electron chi connectivity index (χ4n) is 1.76. The minimum absolute atomic E-state index is 0.364. The van der Waals surface area contributed by atoms with Gasteiger partial charge in [-0.15, -0.1) is 11.3 Å². The van der Waals surface area contributed by atoms with Crippen molar-refractivity contribution in [2.75, 3.05) is 0 Å². The maximum atomic E-state index is 11.7. The molecule has 2 heterocycles. The molecule has 0 atom stereocenters. The van der Waals surface area contributed by atoms with Crippen molar-refractivity contribution in [2.45, 2.75) is 0 Å². The Balaban J connectivity index is 2.56. The topological polar surface area (TPSA) is 73.3 Å². The van der Waals surface area contributed by atoms with E-state index in [2.05, 4.69) is 0 Å². The lowest BCUT2D eigenvalue weighted by molar-refractivity contribution is 0.100. The summed E-state index contributed by atoms with van der Waals surface area (Å²) in [5.74, 6) is -0.533. The molecule has 1 aromatic carbocycles. The molecule has 3 rings (SSSR count). The molecule has 84 valence electrons. The highest BCUT2D eigenvalue weighted by molar-refractivity contribution is 7.21. The number of carbonyl (C=O) groups is 1. The maximum absolute atomic E-state index is 11.7. The number of amides is 1. The molecule has 0 radical (unpaired) electrons. The number of fused-ring (bicyclic) bond motifs is 3. The number of thiophene rings is 1. The molecule has 0 fully saturated rings. The summed E-state index contributed by atoms with van der Waals surface area (Å²) in [5, 5.41) is 1.22. The molecule has 0 unspecified atom stereocenters. The summed E-state index contributed by atoms with van der Waals surface area (Å²) in [6, 6.07) is 8.70. The number of primary amides is 1. The Morgan fingerprint density at radius 1 is 1.24 bits per heavy atom. The predicted octanol–water partition coefficient (Wildman–Crippen LogP) is 2.11. The third-order valence-corrected chi connectivity index (χ3v) is 3.71. The Hall–Kier alpha value is -2.14. The van der Waals surface area contributed by atoms with Crippen molar-refractivity contribution >= 4 is 38.3 Å². The number of carbonyl (C=O) groups excluding carboxylic acids is 1. The van der Waals surface area contributed by atoms with E-state index < -0.39 is 11.5 Å². The van der Waals surface area contributed by atoms with Gasteiger partial charge in [0.1, 0.15) is 5.58 Å². The highest BCUT2D eigenvalue weighted by Crippen LogP contribution is 2.29. The fourth-order valence-corrected chi connectivity index (χ4v) is 2.79. The second-order valence-corrected chi connectivity index (χ2v) is 4.66. The van der Waals surface area contributed by atoms with Crippen molar-refractivity contribution < 1.29 is 9.21 Å². The third-order valence-electron chi connectivity index (χ3n) is 2.53. The number of hydrogen-bond donors (Lipinski definition) is 1. The van der Waals surface area contributed by atoms with Gasteiger partial charge >= 0.3 is 5.63 Å². The van der Waals surface area contributed by atoms with E-state index in [-0.39, 0.29) is 0 Å². The summed E-state index contributed by atoms with van der Waals surface area (Å²) in [7, 11) is 0. The van der Waals surface area contributed by atoms with E-state index >= 15 is 0 Å². The first kappa shape index (κ1) is 10.0. The minimum Gasteiger partial charge on any atom is -0.422 e. The number of para-hydroxylation sites is 1. The van der Waals surface area contributed by atoms with Crippen LogP contribution in [0.25, 0.3) is 21.1 Å². The maximum Gasteiger partial charge on any atom is 0.345 e. The van der Waals surface area contributed by atoms with Crippen molar-refractivity contribution in [1.82, 2.24) is 0 Å². The molecule has 3 aromatic rings. The average Bonchev–Trinajstić information content (AvgIpc) is 2.75. The normalized spacial score (nSPS) is 11.1. The van der Waals surface area contributed by atoms with Crippen molar-refractivity contribution in [3.8, 4) is 0 Å². The Labute approximate surface area is 99.3 Å². The number of rotatable bonds is 1. The van der Waals surface area contributed by atoms with E-state index in [1.54, 1.807) is 12.1 Å². The van der Waals surface area contributed by atoms with Crippen LogP contribution in [0.2, 0.25) is 0 Å². The van der Waals surface area contributed by atoms with Crippen LogP contribution in [-0.2, 0) is 0 Å². The van der Waals surface area contributed by atoms with Crippen LogP contribution < -0.4 is 11.4 Å². The van der Waals surface area contributed by atoms with Crippen LogP contribution in [-0.4, -0.2) is 5.91 Å². The standard InChI is InChI=1S/C12H7NO3S/c13-11(14)9-5-7-10(17-9)6-3-1-2-4-8(6)16-12(7)15/h1-5H,(H2,13,14). The lowest BCUT2D eigenvalue weighted by Gasteiger charge is -1.95. The largest absolute Gasteiger partial charge is 0.422 e. The quantitative estimate of drug-likeness (QED) is 0.667. The van der Waals surface area contributed by atoms with Gasteiger partial charge in [0, 0.05) is 5.39 Å². The van der Waals surface area contributed by atoms with Crippen LogP contribution in [0.15, 0.2) is 39.5 Å². The molecule has 0 aliphatic carbocycles. The molecule has 0 saturated heterocycles. The van der Waals surface area contributed by atoms with E-state index in [1.807, 2.05) is 12.1 Å². The molecular formula is C12H7NO3S. The van der Waals surface area contributed by atoms with Gasteiger partial charge in [0.05, 0.1) is 15.0 Å². The molecule has 5 heteroatoms. The number of benzene rings is 1. The third kappa shape index (κ3) is 1.43. The lowest BCUT2D eigenvalue weighted by atomic mass is 10.2. The summed E-state index contributed by atoms with van der Waals surface area (Å²) >= 11 is 1.21. The van der Waals surface area contributed by atoms with Gasteiger partial charge in [0.15, 0.2) is 0 Å². The molecule has 0 saturated carbocycles. The molecule has 0 aliphatic rings. The second-order valence-electron chi connectivity index (χ2n) is 3.60. The van der Waals surface area contributed by atoms with E-state index in [9.17, 15) is 9.59 Å². The first-order valence-electron chi connectivity index (χ1n) is 4.92. The molecule has 2 aromatic heterocycles. The van der Waals surface area contributed by atoms with Gasteiger partial charge in [0.25, 0.3) is 5.91 Å². The highest BCUT2D eigenvalue weighted by atomic mass is 32.1. The zero-order chi connectivity index (χ0) is 12.0. The molecule has 0 spiro atoms. The van der Waals surface area contributed by atoms with Crippen LogP contribution in [0.3, 0.4) is 0 Å². The number of nitrogens with two attached hydrogens (primary N) is 1. The van der Waals surface area contributed by atoms with E-state index in [0.29, 0.717) is 15.8 Å². The Kier molecular flexibility index (Phi) is 2.02. The van der Waals surface area contributed by atoms with E-state index in [1.165, 1.54) is 17.4 Å². The molecule has 0 aliphatic heterocycles. The SMILES string of the molecule is NC(=O)c1cc2c(=O)oc3ccccc3c2s1. The van der Waals surface area contributed by atoms with Crippen molar-refractivity contribution in [3.63, 3.8) is 0 Å². The number of hydrogen-bond acceptors (Lipinski definition) is 4. The Morgan fingerprint density at radius 2 is 2.00 bits per heavy atom. The average molecular weight is 245 g/mol. The molecular weight excluding hydrogens is 238 g/mol. The Morgan fingerprint density at radius 3 is 2.76 bits per heavy atom. The zero-order valence-corrected chi connectivity index (χ0v) is 9.41. The molecule has 17 heavy (non-hydrogen) atoms. The minimum atomic E-state index is -0.533. The smallest absolute Gasteiger partial charge is 0.345 e. The molecule has 4 nitrogen and oxygen atoms in total. The molecule has 0 bridgehead atoms. The first-order chi connectivity index (χ1) is 8.16. The van der Waals surface area contributed by atoms with Crippen LogP contribution in [0.5, 0.6) is 0 Å². The van der Waals surface area contributed by atoms with Crippen LogP contribution in [0.1, 0.15) is 9.67 Å². The van der Waals surface area contributed by atoms with Crippen LogP contribution >= 0.6 is 11.3 Å². The fraction of sp³-hybridized carbons (Fsp3) is 0. The lowest BCUT2D eigenvalue weighted by Crippen LogP contribution is -2.08. The van der Waals surface area contributed by atoms with Crippen molar-refractivity contribution in [2.24, 2.45) is 5.73 Å². The Bertz CT molecular complexity index is 800. The molecule has 1 amide bonds. The van der Waals surface area contributed by atoms with Crippen LogP contribution in [0.4, 0.5) is 0 Å². The summed E-state index contributed by atoms with van der Waals surface area (Å²) in [5.41, 5.74) is 5.28. The van der Waals surface area contributed by atoms with E-state index in [0.717, 1.165) is 10.1 Å². The van der Waals surface area contributed by atoms with Crippen LogP contribution in [0, 0.1) is 0 Å². The first-order valence-corrected chi connectivity index (χ1v) is 5.73. The van der Waals surface area contributed by atoms with Gasteiger partial charge in [-0.1, -0.05) is 12.1 Å². The van der Waals surface area contributed by atoms with Gasteiger partial charge in [0.2, 0.25) is 0 Å². The zero-order valence-electron chi connectivity index (χ0n) is 8.60. The van der Waals surface area contributed by atoms with Crippen molar-refractivity contribution in [1.29, 1.82) is 0 Å². The predicted molar refractivity (Wildman–Crippen MR) is 66.4 cm³/mol. The van der Waals surface area contributed by atoms with Gasteiger partial charge in [-0.3, -0.25) is 4.79 Å². The van der Waals surface area contributed by atoms with Gasteiger partial charge in [-0.2, -0.15) is 0 Å². The summed E-state index contributed by atoms with van der Waals surface area (Å²) < 4.78 is 5.91. The van der Waals surface area contributed by atoms with Gasteiger partial charge in [-0.25, -0.2) is 4.79 Å². The monoisotopic (exact) mass is 245 g/mol. The van der Waals surface area contributed by atoms with E-state index in [4.69, 9.17) is 10.2 Å². The summed E-state index contributed by atoms with van der Waals surface area (Å²) in [4.78, 5) is 23.2. The second kappa shape index (κ2) is 3.43. The molecule has 2 N–H and O–H groups in total. The van der Waals surface area contributed by atoms with Gasteiger partial charge < -0.3 is 10.2 Å². The highest BCUT2D eigenvalue weighted by Gasteiger charge is 2.13. The summed E-state index contributed by atoms with van der Waals surface area (Å²) in [6.07, 6.45) is 0. The summed E-state index contributed by atoms with van der Waals surface area (Å²) in [6.45, 7) is 0.